The summed E-state index contributed by atoms with van der Waals surface area (Å²) in [5.41, 5.74) is 0.645. The third-order valence-electron chi connectivity index (χ3n) is 4.30. The van der Waals surface area contributed by atoms with E-state index >= 15 is 0 Å². The van der Waals surface area contributed by atoms with Crippen LogP contribution in [0.2, 0.25) is 0 Å². The zero-order valence-corrected chi connectivity index (χ0v) is 15.7. The van der Waals surface area contributed by atoms with Gasteiger partial charge in [0.2, 0.25) is 5.91 Å². The third-order valence-corrected chi connectivity index (χ3v) is 4.80. The molecule has 9 heteroatoms. The molecule has 1 atom stereocenters. The Labute approximate surface area is 159 Å². The number of rotatable bonds is 4. The second-order valence-corrected chi connectivity index (χ2v) is 6.78. The average Bonchev–Trinajstić information content (AvgIpc) is 3.04. The summed E-state index contributed by atoms with van der Waals surface area (Å²) in [5.74, 6) is -1.08. The van der Waals surface area contributed by atoms with Gasteiger partial charge in [0, 0.05) is 30.5 Å². The van der Waals surface area contributed by atoms with E-state index in [9.17, 15) is 14.4 Å². The zero-order chi connectivity index (χ0) is 17.3. The number of carbonyl (C=O) groups excluding carboxylic acids is 2. The Morgan fingerprint density at radius 2 is 2.12 bits per heavy atom. The highest BCUT2D eigenvalue weighted by atomic mass is 79.9. The Morgan fingerprint density at radius 1 is 1.36 bits per heavy atom. The van der Waals surface area contributed by atoms with Gasteiger partial charge in [-0.15, -0.1) is 12.4 Å². The molecule has 136 valence electrons. The summed E-state index contributed by atoms with van der Waals surface area (Å²) in [7, 11) is 0. The number of ether oxygens (including phenoxy) is 1. The predicted molar refractivity (Wildman–Crippen MR) is 96.2 cm³/mol. The number of carbonyl (C=O) groups is 3. The van der Waals surface area contributed by atoms with Gasteiger partial charge in [0.1, 0.15) is 5.75 Å². The summed E-state index contributed by atoms with van der Waals surface area (Å²) in [5, 5.41) is 9.00. The molecule has 0 radical (unpaired) electrons. The molecular formula is C16H18BrClN2O5. The van der Waals surface area contributed by atoms with Crippen LogP contribution in [-0.2, 0) is 14.4 Å². The van der Waals surface area contributed by atoms with Crippen LogP contribution < -0.4 is 9.64 Å². The second kappa shape index (κ2) is 8.05. The van der Waals surface area contributed by atoms with Crippen LogP contribution in [0.4, 0.5) is 5.69 Å². The summed E-state index contributed by atoms with van der Waals surface area (Å²) >= 11 is 3.36. The Bertz CT molecular complexity index is 699. The number of nitrogens with zero attached hydrogens (tertiary/aromatic N) is 2. The molecule has 0 spiro atoms. The van der Waals surface area contributed by atoms with Crippen molar-refractivity contribution >= 4 is 51.8 Å². The summed E-state index contributed by atoms with van der Waals surface area (Å²) < 4.78 is 6.26. The molecule has 1 aromatic carbocycles. The molecule has 0 aromatic heterocycles. The number of hydrogen-bond donors (Lipinski definition) is 1. The number of carboxylic acids is 1. The quantitative estimate of drug-likeness (QED) is 0.784. The van der Waals surface area contributed by atoms with E-state index in [2.05, 4.69) is 15.9 Å². The molecule has 7 nitrogen and oxygen atoms in total. The van der Waals surface area contributed by atoms with Crippen LogP contribution in [0.15, 0.2) is 22.7 Å². The molecule has 0 bridgehead atoms. The number of carboxylic acid groups (broad SMARTS) is 1. The Morgan fingerprint density at radius 3 is 2.80 bits per heavy atom. The first kappa shape index (κ1) is 19.5. The van der Waals surface area contributed by atoms with Gasteiger partial charge >= 0.3 is 5.97 Å². The molecule has 2 aliphatic rings. The van der Waals surface area contributed by atoms with Gasteiger partial charge in [-0.1, -0.05) is 15.9 Å². The fourth-order valence-corrected chi connectivity index (χ4v) is 3.32. The Hall–Kier alpha value is -1.80. The fourth-order valence-electron chi connectivity index (χ4n) is 2.98. The standard InChI is InChI=1S/C16H17BrN2O5.ClH/c17-11-1-2-12-13(7-11)24-9-15(21)19(12)6-4-14(20)18-5-3-10(8-18)16(22)23;/h1-2,7,10H,3-6,8-9H2,(H,22,23);1H. The fraction of sp³-hybridized carbons (Fsp3) is 0.438. The highest BCUT2D eigenvalue weighted by Gasteiger charge is 2.32. The highest BCUT2D eigenvalue weighted by molar-refractivity contribution is 9.10. The minimum atomic E-state index is -0.867. The first-order chi connectivity index (χ1) is 11.5. The number of hydrogen-bond acceptors (Lipinski definition) is 4. The molecule has 1 N–H and O–H groups in total. The van der Waals surface area contributed by atoms with Gasteiger partial charge in [0.05, 0.1) is 11.6 Å². The topological polar surface area (TPSA) is 87.2 Å². The molecule has 2 amide bonds. The van der Waals surface area contributed by atoms with Gasteiger partial charge in [0.15, 0.2) is 6.61 Å². The largest absolute Gasteiger partial charge is 0.482 e. The lowest BCUT2D eigenvalue weighted by Crippen LogP contribution is -2.41. The molecular weight excluding hydrogens is 416 g/mol. The molecule has 1 fully saturated rings. The number of likely N-dealkylation sites (tertiary alicyclic amines) is 1. The van der Waals surface area contributed by atoms with Gasteiger partial charge in [0.25, 0.3) is 5.91 Å². The van der Waals surface area contributed by atoms with E-state index in [1.807, 2.05) is 6.07 Å². The van der Waals surface area contributed by atoms with Gasteiger partial charge in [-0.25, -0.2) is 0 Å². The minimum absolute atomic E-state index is 0. The van der Waals surface area contributed by atoms with Crippen molar-refractivity contribution < 1.29 is 24.2 Å². The smallest absolute Gasteiger partial charge is 0.308 e. The van der Waals surface area contributed by atoms with E-state index in [-0.39, 0.29) is 50.3 Å². The first-order valence-electron chi connectivity index (χ1n) is 7.69. The number of aliphatic carboxylic acids is 1. The predicted octanol–water partition coefficient (Wildman–Crippen LogP) is 1.92. The molecule has 1 unspecified atom stereocenters. The molecule has 1 saturated heterocycles. The van der Waals surface area contributed by atoms with Crippen molar-refractivity contribution in [3.05, 3.63) is 22.7 Å². The maximum Gasteiger partial charge on any atom is 0.308 e. The molecule has 3 rings (SSSR count). The Kier molecular flexibility index (Phi) is 6.29. The Balaban J connectivity index is 0.00000225. The van der Waals surface area contributed by atoms with E-state index in [1.54, 1.807) is 21.9 Å². The van der Waals surface area contributed by atoms with Gasteiger partial charge in [-0.2, -0.15) is 0 Å². The van der Waals surface area contributed by atoms with E-state index < -0.39 is 11.9 Å². The van der Waals surface area contributed by atoms with E-state index in [0.29, 0.717) is 24.4 Å². The van der Waals surface area contributed by atoms with Crippen molar-refractivity contribution in [2.75, 3.05) is 31.1 Å². The highest BCUT2D eigenvalue weighted by Crippen LogP contribution is 2.34. The minimum Gasteiger partial charge on any atom is -0.482 e. The zero-order valence-electron chi connectivity index (χ0n) is 13.3. The molecule has 2 aliphatic heterocycles. The van der Waals surface area contributed by atoms with Crippen LogP contribution in [0.1, 0.15) is 12.8 Å². The van der Waals surface area contributed by atoms with Crippen molar-refractivity contribution in [3.8, 4) is 5.75 Å². The van der Waals surface area contributed by atoms with Crippen LogP contribution >= 0.6 is 28.3 Å². The number of amides is 2. The number of halogens is 2. The lowest BCUT2D eigenvalue weighted by Gasteiger charge is -2.29. The van der Waals surface area contributed by atoms with Crippen LogP contribution in [-0.4, -0.2) is 54.0 Å². The van der Waals surface area contributed by atoms with Crippen LogP contribution in [0.5, 0.6) is 5.75 Å². The summed E-state index contributed by atoms with van der Waals surface area (Å²) in [6.45, 7) is 0.900. The normalized spacial score (nSPS) is 19.1. The van der Waals surface area contributed by atoms with E-state index in [0.717, 1.165) is 4.47 Å². The lowest BCUT2D eigenvalue weighted by molar-refractivity contribution is -0.141. The lowest BCUT2D eigenvalue weighted by atomic mass is 10.1. The molecule has 2 heterocycles. The molecule has 0 saturated carbocycles. The van der Waals surface area contributed by atoms with Crippen LogP contribution in [0.3, 0.4) is 0 Å². The average molecular weight is 434 g/mol. The maximum atomic E-state index is 12.3. The van der Waals surface area contributed by atoms with Crippen molar-refractivity contribution in [2.45, 2.75) is 12.8 Å². The number of anilines is 1. The van der Waals surface area contributed by atoms with Crippen molar-refractivity contribution in [1.29, 1.82) is 0 Å². The summed E-state index contributed by atoms with van der Waals surface area (Å²) in [6, 6.07) is 5.37. The van der Waals surface area contributed by atoms with E-state index in [1.165, 1.54) is 0 Å². The number of benzene rings is 1. The van der Waals surface area contributed by atoms with Crippen molar-refractivity contribution in [2.24, 2.45) is 5.92 Å². The van der Waals surface area contributed by atoms with E-state index in [4.69, 9.17) is 9.84 Å². The van der Waals surface area contributed by atoms with Crippen LogP contribution in [0, 0.1) is 5.92 Å². The van der Waals surface area contributed by atoms with Crippen molar-refractivity contribution in [3.63, 3.8) is 0 Å². The third kappa shape index (κ3) is 4.24. The molecule has 1 aromatic rings. The first-order valence-corrected chi connectivity index (χ1v) is 8.48. The monoisotopic (exact) mass is 432 g/mol. The van der Waals surface area contributed by atoms with Crippen LogP contribution in [0.25, 0.3) is 0 Å². The summed E-state index contributed by atoms with van der Waals surface area (Å²) in [4.78, 5) is 38.5. The van der Waals surface area contributed by atoms with Crippen molar-refractivity contribution in [1.82, 2.24) is 4.90 Å². The SMILES string of the molecule is Cl.O=C(O)C1CCN(C(=O)CCN2C(=O)COc3cc(Br)ccc32)C1. The number of fused-ring (bicyclic) bond motifs is 1. The van der Waals surface area contributed by atoms with Gasteiger partial charge < -0.3 is 19.6 Å². The summed E-state index contributed by atoms with van der Waals surface area (Å²) in [6.07, 6.45) is 0.641. The second-order valence-electron chi connectivity index (χ2n) is 5.86. The van der Waals surface area contributed by atoms with Gasteiger partial charge in [-0.05, 0) is 24.6 Å². The maximum absolute atomic E-state index is 12.3. The molecule has 0 aliphatic carbocycles. The molecule has 25 heavy (non-hydrogen) atoms. The van der Waals surface area contributed by atoms with Gasteiger partial charge in [-0.3, -0.25) is 14.4 Å².